The summed E-state index contributed by atoms with van der Waals surface area (Å²) in [4.78, 5) is 19.5. The highest BCUT2D eigenvalue weighted by Crippen LogP contribution is 2.38. The van der Waals surface area contributed by atoms with Crippen LogP contribution in [0.1, 0.15) is 48.4 Å². The fraction of sp³-hybridized carbons (Fsp3) is 0.583. The van der Waals surface area contributed by atoms with E-state index in [1.54, 1.807) is 7.11 Å². The van der Waals surface area contributed by atoms with Crippen molar-refractivity contribution in [2.45, 2.75) is 37.7 Å². The van der Waals surface area contributed by atoms with Gasteiger partial charge in [-0.2, -0.15) is 0 Å². The first kappa shape index (κ1) is 13.4. The molecule has 1 aromatic heterocycles. The Morgan fingerprint density at radius 3 is 2.67 bits per heavy atom. The topological polar surface area (TPSA) is 72.3 Å². The van der Waals surface area contributed by atoms with E-state index in [1.165, 1.54) is 12.6 Å². The fourth-order valence-corrected chi connectivity index (χ4v) is 2.74. The lowest BCUT2D eigenvalue weighted by Gasteiger charge is -2.34. The SMILES string of the molecule is COC1(c2ncc(Br)c(C(=O)O)n2)CCCCC1. The number of carboxylic acid groups (broad SMARTS) is 1. The zero-order valence-corrected chi connectivity index (χ0v) is 11.7. The molecule has 1 fully saturated rings. The first-order valence-electron chi connectivity index (χ1n) is 5.90. The van der Waals surface area contributed by atoms with E-state index in [2.05, 4.69) is 25.9 Å². The molecule has 2 rings (SSSR count). The van der Waals surface area contributed by atoms with Gasteiger partial charge in [0.05, 0.1) is 4.47 Å². The normalized spacial score (nSPS) is 18.6. The monoisotopic (exact) mass is 314 g/mol. The molecule has 1 aromatic rings. The minimum atomic E-state index is -1.06. The molecule has 0 atom stereocenters. The van der Waals surface area contributed by atoms with Crippen molar-refractivity contribution >= 4 is 21.9 Å². The van der Waals surface area contributed by atoms with Gasteiger partial charge in [0.2, 0.25) is 0 Å². The molecule has 98 valence electrons. The lowest BCUT2D eigenvalue weighted by molar-refractivity contribution is -0.0516. The van der Waals surface area contributed by atoms with Crippen LogP contribution in [0, 0.1) is 0 Å². The van der Waals surface area contributed by atoms with Gasteiger partial charge in [-0.3, -0.25) is 0 Å². The van der Waals surface area contributed by atoms with Gasteiger partial charge in [-0.15, -0.1) is 0 Å². The van der Waals surface area contributed by atoms with Crippen LogP contribution in [0.2, 0.25) is 0 Å². The summed E-state index contributed by atoms with van der Waals surface area (Å²) >= 11 is 3.15. The van der Waals surface area contributed by atoms with E-state index in [-0.39, 0.29) is 5.69 Å². The lowest BCUT2D eigenvalue weighted by Crippen LogP contribution is -2.33. The van der Waals surface area contributed by atoms with Crippen molar-refractivity contribution in [3.63, 3.8) is 0 Å². The van der Waals surface area contributed by atoms with E-state index in [9.17, 15) is 4.79 Å². The van der Waals surface area contributed by atoms with Gasteiger partial charge in [-0.05, 0) is 28.8 Å². The zero-order valence-electron chi connectivity index (χ0n) is 10.1. The van der Waals surface area contributed by atoms with Crippen molar-refractivity contribution in [2.75, 3.05) is 7.11 Å². The van der Waals surface area contributed by atoms with E-state index in [4.69, 9.17) is 9.84 Å². The van der Waals surface area contributed by atoms with Crippen LogP contribution in [0.15, 0.2) is 10.7 Å². The van der Waals surface area contributed by atoms with E-state index in [1.807, 2.05) is 0 Å². The molecule has 0 spiro atoms. The molecule has 1 N–H and O–H groups in total. The van der Waals surface area contributed by atoms with Crippen molar-refractivity contribution in [1.82, 2.24) is 9.97 Å². The van der Waals surface area contributed by atoms with Crippen LogP contribution >= 0.6 is 15.9 Å². The molecule has 5 nitrogen and oxygen atoms in total. The minimum absolute atomic E-state index is 0.0120. The molecule has 0 unspecified atom stereocenters. The number of aromatic nitrogens is 2. The molecule has 0 aromatic carbocycles. The van der Waals surface area contributed by atoms with E-state index in [0.717, 1.165) is 25.7 Å². The highest BCUT2D eigenvalue weighted by molar-refractivity contribution is 9.10. The maximum Gasteiger partial charge on any atom is 0.355 e. The second-order valence-electron chi connectivity index (χ2n) is 4.45. The average Bonchev–Trinajstić information content (AvgIpc) is 2.39. The van der Waals surface area contributed by atoms with Gasteiger partial charge in [-0.1, -0.05) is 19.3 Å². The van der Waals surface area contributed by atoms with Crippen molar-refractivity contribution < 1.29 is 14.6 Å². The Morgan fingerprint density at radius 2 is 2.11 bits per heavy atom. The number of hydrogen-bond acceptors (Lipinski definition) is 4. The summed E-state index contributed by atoms with van der Waals surface area (Å²) in [5, 5.41) is 9.08. The second-order valence-corrected chi connectivity index (χ2v) is 5.31. The number of rotatable bonds is 3. The van der Waals surface area contributed by atoms with Crippen LogP contribution in [0.5, 0.6) is 0 Å². The first-order chi connectivity index (χ1) is 8.59. The van der Waals surface area contributed by atoms with Crippen molar-refractivity contribution in [3.8, 4) is 0 Å². The van der Waals surface area contributed by atoms with Crippen LogP contribution in [-0.4, -0.2) is 28.2 Å². The number of carboxylic acids is 1. The molecule has 0 saturated heterocycles. The molecule has 1 aliphatic carbocycles. The molecule has 18 heavy (non-hydrogen) atoms. The Hall–Kier alpha value is -1.01. The summed E-state index contributed by atoms with van der Waals surface area (Å²) in [6.07, 6.45) is 6.44. The molecule has 0 amide bonds. The number of aromatic carboxylic acids is 1. The van der Waals surface area contributed by atoms with Crippen molar-refractivity contribution in [2.24, 2.45) is 0 Å². The highest BCUT2D eigenvalue weighted by Gasteiger charge is 2.37. The quantitative estimate of drug-likeness (QED) is 0.928. The highest BCUT2D eigenvalue weighted by atomic mass is 79.9. The van der Waals surface area contributed by atoms with Crippen molar-refractivity contribution in [3.05, 3.63) is 22.2 Å². The fourth-order valence-electron chi connectivity index (χ4n) is 2.38. The number of halogens is 1. The summed E-state index contributed by atoms with van der Waals surface area (Å²) in [5.74, 6) is -0.585. The van der Waals surface area contributed by atoms with Gasteiger partial charge in [0, 0.05) is 13.3 Å². The van der Waals surface area contributed by atoms with E-state index >= 15 is 0 Å². The number of ether oxygens (including phenoxy) is 1. The maximum atomic E-state index is 11.1. The molecule has 0 radical (unpaired) electrons. The largest absolute Gasteiger partial charge is 0.476 e. The van der Waals surface area contributed by atoms with Gasteiger partial charge in [0.15, 0.2) is 11.5 Å². The molecule has 1 aliphatic rings. The summed E-state index contributed by atoms with van der Waals surface area (Å²) in [6, 6.07) is 0. The molecule has 1 saturated carbocycles. The molecule has 1 heterocycles. The van der Waals surface area contributed by atoms with Crippen LogP contribution in [0.4, 0.5) is 0 Å². The zero-order chi connectivity index (χ0) is 13.2. The van der Waals surface area contributed by atoms with Crippen molar-refractivity contribution in [1.29, 1.82) is 0 Å². The van der Waals surface area contributed by atoms with E-state index in [0.29, 0.717) is 10.3 Å². The predicted molar refractivity (Wildman–Crippen MR) is 68.5 cm³/mol. The standard InChI is InChI=1S/C12H15BrN2O3/c1-18-12(5-3-2-4-6-12)11-14-7-8(13)9(15-11)10(16)17/h7H,2-6H2,1H3,(H,16,17). The molecule has 0 aliphatic heterocycles. The number of methoxy groups -OCH3 is 1. The summed E-state index contributed by atoms with van der Waals surface area (Å²) in [5.41, 5.74) is -0.537. The van der Waals surface area contributed by atoms with Gasteiger partial charge < -0.3 is 9.84 Å². The Balaban J connectivity index is 2.42. The second kappa shape index (κ2) is 5.32. The average molecular weight is 315 g/mol. The third-order valence-corrected chi connectivity index (χ3v) is 3.99. The number of hydrogen-bond donors (Lipinski definition) is 1. The summed E-state index contributed by atoms with van der Waals surface area (Å²) < 4.78 is 6.00. The molecule has 6 heteroatoms. The molecular formula is C12H15BrN2O3. The van der Waals surface area contributed by atoms with Gasteiger partial charge >= 0.3 is 5.97 Å². The first-order valence-corrected chi connectivity index (χ1v) is 6.70. The van der Waals surface area contributed by atoms with Crippen LogP contribution < -0.4 is 0 Å². The maximum absolute atomic E-state index is 11.1. The number of carbonyl (C=O) groups is 1. The Morgan fingerprint density at radius 1 is 1.44 bits per heavy atom. The number of nitrogens with zero attached hydrogens (tertiary/aromatic N) is 2. The Kier molecular flexibility index (Phi) is 3.97. The molecule has 0 bridgehead atoms. The van der Waals surface area contributed by atoms with Gasteiger partial charge in [0.1, 0.15) is 5.60 Å². The van der Waals surface area contributed by atoms with Crippen LogP contribution in [-0.2, 0) is 10.3 Å². The third-order valence-electron chi connectivity index (χ3n) is 3.41. The van der Waals surface area contributed by atoms with Crippen LogP contribution in [0.25, 0.3) is 0 Å². The lowest BCUT2D eigenvalue weighted by atomic mass is 9.84. The van der Waals surface area contributed by atoms with E-state index < -0.39 is 11.6 Å². The smallest absolute Gasteiger partial charge is 0.355 e. The Labute approximate surface area is 114 Å². The summed E-state index contributed by atoms with van der Waals surface area (Å²) in [6.45, 7) is 0. The molecular weight excluding hydrogens is 300 g/mol. The minimum Gasteiger partial charge on any atom is -0.476 e. The predicted octanol–water partition coefficient (Wildman–Crippen LogP) is 2.74. The Bertz CT molecular complexity index is 459. The summed E-state index contributed by atoms with van der Waals surface area (Å²) in [7, 11) is 1.64. The van der Waals surface area contributed by atoms with Gasteiger partial charge in [-0.25, -0.2) is 14.8 Å². The van der Waals surface area contributed by atoms with Crippen LogP contribution in [0.3, 0.4) is 0 Å². The third kappa shape index (κ3) is 2.40. The van der Waals surface area contributed by atoms with Gasteiger partial charge in [0.25, 0.3) is 0 Å².